The van der Waals surface area contributed by atoms with Crippen LogP contribution in [0.15, 0.2) is 36.4 Å². The summed E-state index contributed by atoms with van der Waals surface area (Å²) in [7, 11) is 0. The number of carbonyl (C=O) groups excluding carboxylic acids is 3. The number of hydrogen-bond acceptors (Lipinski definition) is 5. The zero-order valence-corrected chi connectivity index (χ0v) is 16.9. The molecule has 154 valence electrons. The molecule has 6 nitrogen and oxygen atoms in total. The van der Waals surface area contributed by atoms with Crippen LogP contribution in [0.3, 0.4) is 0 Å². The minimum absolute atomic E-state index is 0.153. The molecule has 2 heterocycles. The Labute approximate surface area is 171 Å². The molecule has 3 aliphatic rings. The zero-order chi connectivity index (χ0) is 20.4. The Morgan fingerprint density at radius 1 is 1.07 bits per heavy atom. The van der Waals surface area contributed by atoms with Crippen LogP contribution in [-0.4, -0.2) is 48.4 Å². The van der Waals surface area contributed by atoms with Gasteiger partial charge in [-0.25, -0.2) is 9.69 Å². The van der Waals surface area contributed by atoms with Crippen molar-refractivity contribution in [2.24, 2.45) is 11.8 Å². The van der Waals surface area contributed by atoms with E-state index in [4.69, 9.17) is 4.74 Å². The lowest BCUT2D eigenvalue weighted by molar-refractivity contribution is -0.122. The summed E-state index contributed by atoms with van der Waals surface area (Å²) in [5.41, 5.74) is 0.947. The maximum atomic E-state index is 13.1. The number of allylic oxidation sites excluding steroid dienone is 2. The van der Waals surface area contributed by atoms with E-state index in [9.17, 15) is 14.4 Å². The molecule has 0 bridgehead atoms. The van der Waals surface area contributed by atoms with Crippen molar-refractivity contribution in [1.82, 2.24) is 4.90 Å². The van der Waals surface area contributed by atoms with Gasteiger partial charge in [-0.3, -0.25) is 14.5 Å². The van der Waals surface area contributed by atoms with Crippen molar-refractivity contribution in [3.05, 3.63) is 42.0 Å². The van der Waals surface area contributed by atoms with E-state index in [0.717, 1.165) is 38.8 Å². The van der Waals surface area contributed by atoms with E-state index in [-0.39, 0.29) is 30.2 Å². The minimum Gasteiger partial charge on any atom is -0.462 e. The van der Waals surface area contributed by atoms with Crippen LogP contribution < -0.4 is 4.90 Å². The van der Waals surface area contributed by atoms with E-state index in [0.29, 0.717) is 29.7 Å². The van der Waals surface area contributed by atoms with Gasteiger partial charge in [0.2, 0.25) is 5.91 Å². The van der Waals surface area contributed by atoms with Gasteiger partial charge in [-0.05, 0) is 55.4 Å². The fourth-order valence-corrected chi connectivity index (χ4v) is 4.62. The number of amides is 2. The van der Waals surface area contributed by atoms with E-state index >= 15 is 0 Å². The van der Waals surface area contributed by atoms with Gasteiger partial charge in [0.15, 0.2) is 0 Å². The molecule has 0 spiro atoms. The normalized spacial score (nSPS) is 26.8. The Bertz CT molecular complexity index is 801. The summed E-state index contributed by atoms with van der Waals surface area (Å²) < 4.78 is 5.21. The van der Waals surface area contributed by atoms with Crippen LogP contribution in [0.4, 0.5) is 5.69 Å². The van der Waals surface area contributed by atoms with Crippen molar-refractivity contribution in [3.63, 3.8) is 0 Å². The lowest BCUT2D eigenvalue weighted by Crippen LogP contribution is -2.41. The van der Waals surface area contributed by atoms with E-state index in [1.807, 2.05) is 6.92 Å². The van der Waals surface area contributed by atoms with Gasteiger partial charge in [0.25, 0.3) is 5.91 Å². The first-order valence-electron chi connectivity index (χ1n) is 10.6. The highest BCUT2D eigenvalue weighted by molar-refractivity contribution is 6.22. The molecule has 1 aliphatic carbocycles. The van der Waals surface area contributed by atoms with Gasteiger partial charge in [-0.2, -0.15) is 0 Å². The number of nitrogens with zero attached hydrogens (tertiary/aromatic N) is 2. The number of imide groups is 1. The van der Waals surface area contributed by atoms with Gasteiger partial charge >= 0.3 is 5.97 Å². The molecule has 29 heavy (non-hydrogen) atoms. The topological polar surface area (TPSA) is 66.9 Å². The van der Waals surface area contributed by atoms with Crippen LogP contribution in [-0.2, 0) is 14.3 Å². The third-order valence-electron chi connectivity index (χ3n) is 6.30. The van der Waals surface area contributed by atoms with Crippen molar-refractivity contribution in [3.8, 4) is 0 Å². The number of hydrogen-bond donors (Lipinski definition) is 0. The first kappa shape index (κ1) is 19.8. The predicted octanol–water partition coefficient (Wildman–Crippen LogP) is 3.17. The van der Waals surface area contributed by atoms with Crippen molar-refractivity contribution >= 4 is 23.5 Å². The molecule has 1 aromatic rings. The second-order valence-corrected chi connectivity index (χ2v) is 8.24. The Balaban J connectivity index is 1.42. The number of ether oxygens (including phenoxy) is 1. The molecule has 1 aromatic carbocycles. The number of fused-ring (bicyclic) bond motifs is 1. The standard InChI is InChI=1S/C23H28N2O4/c1-2-3-12-29-23(28)16-8-10-19(11-9-16)25-21(26)13-20(22(25)27)24-14-17-6-4-5-7-18(17)15-24/h4-5,8-11,17-18,20H,2-3,6-7,12-15H2,1H3. The maximum Gasteiger partial charge on any atom is 0.338 e. The number of anilines is 1. The summed E-state index contributed by atoms with van der Waals surface area (Å²) in [5.74, 6) is 0.478. The lowest BCUT2D eigenvalue weighted by Gasteiger charge is -2.22. The van der Waals surface area contributed by atoms with Gasteiger partial charge in [0.1, 0.15) is 0 Å². The summed E-state index contributed by atoms with van der Waals surface area (Å²) in [6, 6.07) is 6.18. The molecule has 2 saturated heterocycles. The molecular formula is C23H28N2O4. The summed E-state index contributed by atoms with van der Waals surface area (Å²) in [4.78, 5) is 41.2. The molecule has 2 amide bonds. The number of carbonyl (C=O) groups is 3. The van der Waals surface area contributed by atoms with Gasteiger partial charge in [-0.1, -0.05) is 25.5 Å². The Hall–Kier alpha value is -2.47. The molecule has 0 saturated carbocycles. The van der Waals surface area contributed by atoms with Gasteiger partial charge in [0, 0.05) is 13.1 Å². The van der Waals surface area contributed by atoms with Crippen LogP contribution in [0.5, 0.6) is 0 Å². The van der Waals surface area contributed by atoms with E-state index in [2.05, 4.69) is 17.1 Å². The SMILES string of the molecule is CCCCOC(=O)c1ccc(N2C(=O)CC(N3CC4CC=CCC4C3)C2=O)cc1. The first-order valence-corrected chi connectivity index (χ1v) is 10.6. The fourth-order valence-electron chi connectivity index (χ4n) is 4.62. The number of benzene rings is 1. The highest BCUT2D eigenvalue weighted by Crippen LogP contribution is 2.36. The molecule has 0 aromatic heterocycles. The Kier molecular flexibility index (Phi) is 5.81. The average Bonchev–Trinajstić information content (AvgIpc) is 3.28. The molecule has 0 N–H and O–H groups in total. The van der Waals surface area contributed by atoms with E-state index in [1.54, 1.807) is 24.3 Å². The smallest absolute Gasteiger partial charge is 0.338 e. The molecule has 0 radical (unpaired) electrons. The average molecular weight is 396 g/mol. The van der Waals surface area contributed by atoms with Crippen LogP contribution in [0.25, 0.3) is 0 Å². The van der Waals surface area contributed by atoms with Gasteiger partial charge in [0.05, 0.1) is 30.3 Å². The third-order valence-corrected chi connectivity index (χ3v) is 6.30. The van der Waals surface area contributed by atoms with Crippen molar-refractivity contribution in [2.45, 2.75) is 45.1 Å². The molecule has 2 aliphatic heterocycles. The molecular weight excluding hydrogens is 368 g/mol. The third kappa shape index (κ3) is 3.99. The second-order valence-electron chi connectivity index (χ2n) is 8.24. The maximum absolute atomic E-state index is 13.1. The monoisotopic (exact) mass is 396 g/mol. The molecule has 3 unspecified atom stereocenters. The zero-order valence-electron chi connectivity index (χ0n) is 16.9. The minimum atomic E-state index is -0.379. The van der Waals surface area contributed by atoms with Crippen molar-refractivity contribution in [1.29, 1.82) is 0 Å². The van der Waals surface area contributed by atoms with Gasteiger partial charge < -0.3 is 4.74 Å². The highest BCUT2D eigenvalue weighted by atomic mass is 16.5. The number of rotatable bonds is 6. The van der Waals surface area contributed by atoms with Crippen LogP contribution in [0, 0.1) is 11.8 Å². The second kappa shape index (κ2) is 8.49. The summed E-state index contributed by atoms with van der Waals surface area (Å²) in [6.45, 7) is 4.20. The predicted molar refractivity (Wildman–Crippen MR) is 109 cm³/mol. The van der Waals surface area contributed by atoms with Crippen LogP contribution >= 0.6 is 0 Å². The van der Waals surface area contributed by atoms with Crippen LogP contribution in [0.2, 0.25) is 0 Å². The van der Waals surface area contributed by atoms with Crippen molar-refractivity contribution < 1.29 is 19.1 Å². The first-order chi connectivity index (χ1) is 14.1. The van der Waals surface area contributed by atoms with E-state index < -0.39 is 0 Å². The fraction of sp³-hybridized carbons (Fsp3) is 0.522. The van der Waals surface area contributed by atoms with E-state index in [1.165, 1.54) is 4.90 Å². The van der Waals surface area contributed by atoms with Crippen LogP contribution in [0.1, 0.15) is 49.4 Å². The Morgan fingerprint density at radius 2 is 1.72 bits per heavy atom. The van der Waals surface area contributed by atoms with Crippen molar-refractivity contribution in [2.75, 3.05) is 24.6 Å². The summed E-state index contributed by atoms with van der Waals surface area (Å²) in [5, 5.41) is 0. The lowest BCUT2D eigenvalue weighted by atomic mass is 9.86. The summed E-state index contributed by atoms with van der Waals surface area (Å²) in [6.07, 6.45) is 8.61. The number of esters is 1. The Morgan fingerprint density at radius 3 is 2.34 bits per heavy atom. The number of unbranched alkanes of at least 4 members (excludes halogenated alkanes) is 1. The largest absolute Gasteiger partial charge is 0.462 e. The molecule has 6 heteroatoms. The highest BCUT2D eigenvalue weighted by Gasteiger charge is 2.46. The molecule has 4 rings (SSSR count). The molecule has 2 fully saturated rings. The molecule has 3 atom stereocenters. The summed E-state index contributed by atoms with van der Waals surface area (Å²) >= 11 is 0. The van der Waals surface area contributed by atoms with Gasteiger partial charge in [-0.15, -0.1) is 0 Å². The quantitative estimate of drug-likeness (QED) is 0.320. The number of likely N-dealkylation sites (tertiary alicyclic amines) is 1.